The number of rotatable bonds is 6. The second kappa shape index (κ2) is 9.64. The molecule has 2 heterocycles. The molecule has 36 heavy (non-hydrogen) atoms. The lowest BCUT2D eigenvalue weighted by molar-refractivity contribution is 0.104. The number of benzene rings is 3. The topological polar surface area (TPSA) is 73.0 Å². The van der Waals surface area contributed by atoms with Crippen LogP contribution in [0, 0.1) is 0 Å². The van der Waals surface area contributed by atoms with E-state index in [9.17, 15) is 9.59 Å². The van der Waals surface area contributed by atoms with Crippen molar-refractivity contribution in [3.8, 4) is 22.8 Å². The first-order valence-corrected chi connectivity index (χ1v) is 11.6. The maximum atomic E-state index is 13.7. The molecule has 0 unspecified atom stereocenters. The zero-order valence-electron chi connectivity index (χ0n) is 19.7. The second-order valence-electron chi connectivity index (χ2n) is 8.42. The average Bonchev–Trinajstić information content (AvgIpc) is 3.33. The number of nitrogens with zero attached hydrogens (tertiary/aromatic N) is 5. The van der Waals surface area contributed by atoms with Crippen molar-refractivity contribution in [1.82, 2.24) is 24.2 Å². The molecule has 0 aliphatic heterocycles. The third-order valence-corrected chi connectivity index (χ3v) is 5.86. The number of hydrogen-bond donors (Lipinski definition) is 0. The molecule has 2 aromatic heterocycles. The maximum Gasteiger partial charge on any atom is 0.269 e. The largest absolute Gasteiger partial charge is 0.383 e. The summed E-state index contributed by atoms with van der Waals surface area (Å²) in [6.07, 6.45) is 4.90. The Labute approximate surface area is 212 Å². The normalized spacial score (nSPS) is 11.3. The van der Waals surface area contributed by atoms with E-state index in [1.807, 2.05) is 44.4 Å². The van der Waals surface area contributed by atoms with Crippen LogP contribution in [0.3, 0.4) is 0 Å². The summed E-state index contributed by atoms with van der Waals surface area (Å²) < 4.78 is 3.19. The Morgan fingerprint density at radius 2 is 1.61 bits per heavy atom. The molecule has 7 nitrogen and oxygen atoms in total. The van der Waals surface area contributed by atoms with Gasteiger partial charge in [-0.15, -0.1) is 5.10 Å². The number of carbonyl (C=O) groups is 1. The van der Waals surface area contributed by atoms with Crippen molar-refractivity contribution in [2.75, 3.05) is 14.1 Å². The molecule has 0 N–H and O–H groups in total. The lowest BCUT2D eigenvalue weighted by Gasteiger charge is -2.13. The number of hydrogen-bond acceptors (Lipinski definition) is 5. The highest BCUT2D eigenvalue weighted by Gasteiger charge is 2.18. The van der Waals surface area contributed by atoms with Crippen molar-refractivity contribution in [1.29, 1.82) is 0 Å². The van der Waals surface area contributed by atoms with Gasteiger partial charge in [-0.1, -0.05) is 54.1 Å². The molecule has 5 aromatic rings. The molecule has 178 valence electrons. The Kier molecular flexibility index (Phi) is 6.23. The van der Waals surface area contributed by atoms with E-state index >= 15 is 0 Å². The first kappa shape index (κ1) is 23.3. The molecule has 0 bridgehead atoms. The fraction of sp³-hybridized carbons (Fsp3) is 0.0714. The van der Waals surface area contributed by atoms with Gasteiger partial charge in [-0.05, 0) is 36.4 Å². The summed E-state index contributed by atoms with van der Waals surface area (Å²) >= 11 is 6.10. The van der Waals surface area contributed by atoms with Crippen LogP contribution >= 0.6 is 11.6 Å². The average molecular weight is 496 g/mol. The molecule has 0 fully saturated rings. The first-order chi connectivity index (χ1) is 17.4. The van der Waals surface area contributed by atoms with Gasteiger partial charge in [0.05, 0.1) is 11.4 Å². The SMILES string of the molecule is CN(C)C=CC(=O)c1ccc(-c2nc3nn(-c4ccccc4)cc3c(=O)n2-c2ccc(Cl)cc2)cc1. The van der Waals surface area contributed by atoms with Gasteiger partial charge in [0.1, 0.15) is 11.2 Å². The zero-order valence-corrected chi connectivity index (χ0v) is 20.4. The van der Waals surface area contributed by atoms with E-state index in [4.69, 9.17) is 16.6 Å². The Morgan fingerprint density at radius 3 is 2.28 bits per heavy atom. The number of para-hydroxylation sites is 1. The standard InChI is InChI=1S/C28H22ClN5O2/c1-32(2)17-16-25(35)19-8-10-20(11-9-19)27-30-26-24(18-33(31-26)22-6-4-3-5-7-22)28(36)34(27)23-14-12-21(29)13-15-23/h3-18H,1-2H3. The van der Waals surface area contributed by atoms with Crippen molar-refractivity contribution in [3.05, 3.63) is 118 Å². The number of fused-ring (bicyclic) bond motifs is 1. The molecule has 0 atom stereocenters. The van der Waals surface area contributed by atoms with Gasteiger partial charge in [-0.3, -0.25) is 14.2 Å². The number of ketones is 1. The zero-order chi connectivity index (χ0) is 25.2. The van der Waals surface area contributed by atoms with Crippen LogP contribution in [-0.4, -0.2) is 44.1 Å². The minimum Gasteiger partial charge on any atom is -0.383 e. The van der Waals surface area contributed by atoms with Gasteiger partial charge in [0.15, 0.2) is 11.4 Å². The number of halogens is 1. The van der Waals surface area contributed by atoms with Gasteiger partial charge in [0.25, 0.3) is 5.56 Å². The van der Waals surface area contributed by atoms with E-state index in [2.05, 4.69) is 5.10 Å². The van der Waals surface area contributed by atoms with E-state index < -0.39 is 0 Å². The van der Waals surface area contributed by atoms with Gasteiger partial charge < -0.3 is 4.90 Å². The Bertz CT molecular complexity index is 1630. The summed E-state index contributed by atoms with van der Waals surface area (Å²) in [4.78, 5) is 32.8. The monoisotopic (exact) mass is 495 g/mol. The van der Waals surface area contributed by atoms with E-state index in [0.29, 0.717) is 38.7 Å². The molecule has 0 radical (unpaired) electrons. The summed E-state index contributed by atoms with van der Waals surface area (Å²) in [5, 5.41) is 5.52. The molecule has 0 aliphatic carbocycles. The molecule has 5 rings (SSSR count). The van der Waals surface area contributed by atoms with E-state index in [1.165, 1.54) is 6.08 Å². The lowest BCUT2D eigenvalue weighted by Crippen LogP contribution is -2.21. The summed E-state index contributed by atoms with van der Waals surface area (Å²) in [7, 11) is 3.70. The van der Waals surface area contributed by atoms with Crippen LogP contribution < -0.4 is 5.56 Å². The van der Waals surface area contributed by atoms with Gasteiger partial charge in [-0.2, -0.15) is 0 Å². The van der Waals surface area contributed by atoms with E-state index in [-0.39, 0.29) is 11.3 Å². The molecule has 0 amide bonds. The van der Waals surface area contributed by atoms with Gasteiger partial charge >= 0.3 is 0 Å². The molecular formula is C28H22ClN5O2. The molecule has 3 aromatic carbocycles. The Balaban J connectivity index is 1.67. The Hall–Kier alpha value is -4.49. The van der Waals surface area contributed by atoms with Crippen molar-refractivity contribution in [3.63, 3.8) is 0 Å². The Morgan fingerprint density at radius 1 is 0.917 bits per heavy atom. The molecule has 8 heteroatoms. The minimum absolute atomic E-state index is 0.115. The van der Waals surface area contributed by atoms with Crippen LogP contribution in [0.15, 0.2) is 102 Å². The van der Waals surface area contributed by atoms with Crippen LogP contribution in [0.25, 0.3) is 33.8 Å². The highest BCUT2D eigenvalue weighted by Crippen LogP contribution is 2.24. The number of allylic oxidation sites excluding steroid dienone is 1. The highest BCUT2D eigenvalue weighted by atomic mass is 35.5. The van der Waals surface area contributed by atoms with Crippen molar-refractivity contribution < 1.29 is 4.79 Å². The van der Waals surface area contributed by atoms with Crippen molar-refractivity contribution in [2.45, 2.75) is 0 Å². The quantitative estimate of drug-likeness (QED) is 0.240. The number of carbonyl (C=O) groups excluding carboxylic acids is 1. The van der Waals surface area contributed by atoms with Crippen LogP contribution in [0.1, 0.15) is 10.4 Å². The predicted octanol–water partition coefficient (Wildman–Crippen LogP) is 5.15. The molecular weight excluding hydrogens is 474 g/mol. The van der Waals surface area contributed by atoms with Crippen LogP contribution in [0.4, 0.5) is 0 Å². The van der Waals surface area contributed by atoms with Gasteiger partial charge in [-0.25, -0.2) is 9.67 Å². The second-order valence-corrected chi connectivity index (χ2v) is 8.86. The summed E-state index contributed by atoms with van der Waals surface area (Å²) in [5.41, 5.74) is 2.73. The fourth-order valence-corrected chi connectivity index (χ4v) is 3.92. The first-order valence-electron chi connectivity index (χ1n) is 11.2. The summed E-state index contributed by atoms with van der Waals surface area (Å²) in [6, 6.07) is 23.6. The molecule has 0 saturated heterocycles. The smallest absolute Gasteiger partial charge is 0.269 e. The fourth-order valence-electron chi connectivity index (χ4n) is 3.80. The van der Waals surface area contributed by atoms with Crippen molar-refractivity contribution in [2.24, 2.45) is 0 Å². The predicted molar refractivity (Wildman–Crippen MR) is 142 cm³/mol. The molecule has 0 saturated carbocycles. The maximum absolute atomic E-state index is 13.7. The van der Waals surface area contributed by atoms with Crippen LogP contribution in [0.5, 0.6) is 0 Å². The molecule has 0 aliphatic rings. The van der Waals surface area contributed by atoms with Crippen molar-refractivity contribution >= 4 is 28.4 Å². The van der Waals surface area contributed by atoms with E-state index in [1.54, 1.807) is 75.1 Å². The minimum atomic E-state index is -0.256. The molecule has 0 spiro atoms. The van der Waals surface area contributed by atoms with Crippen LogP contribution in [-0.2, 0) is 0 Å². The van der Waals surface area contributed by atoms with Gasteiger partial charge in [0, 0.05) is 48.7 Å². The third-order valence-electron chi connectivity index (χ3n) is 5.61. The summed E-state index contributed by atoms with van der Waals surface area (Å²) in [6.45, 7) is 0. The third kappa shape index (κ3) is 4.56. The highest BCUT2D eigenvalue weighted by molar-refractivity contribution is 6.30. The van der Waals surface area contributed by atoms with Crippen LogP contribution in [0.2, 0.25) is 5.02 Å². The summed E-state index contributed by atoms with van der Waals surface area (Å²) in [5.74, 6) is 0.298. The number of aromatic nitrogens is 4. The van der Waals surface area contributed by atoms with Gasteiger partial charge in [0.2, 0.25) is 0 Å². The van der Waals surface area contributed by atoms with E-state index in [0.717, 1.165) is 5.69 Å². The lowest BCUT2D eigenvalue weighted by atomic mass is 10.1.